The van der Waals surface area contributed by atoms with E-state index >= 15 is 0 Å². The second-order valence-corrected chi connectivity index (χ2v) is 8.92. The maximum atomic E-state index is 13.7. The molecule has 9 nitrogen and oxygen atoms in total. The zero-order valence-corrected chi connectivity index (χ0v) is 20.9. The number of ether oxygens (including phenoxy) is 3. The minimum absolute atomic E-state index is 0.149. The van der Waals surface area contributed by atoms with Gasteiger partial charge in [-0.05, 0) is 42.0 Å². The molecule has 1 N–H and O–H groups in total. The Kier molecular flexibility index (Phi) is 6.33. The summed E-state index contributed by atoms with van der Waals surface area (Å²) >= 11 is 1.22. The Morgan fingerprint density at radius 2 is 1.68 bits per heavy atom. The maximum Gasteiger partial charge on any atom is 0.335 e. The Labute approximate surface area is 215 Å². The highest BCUT2D eigenvalue weighted by atomic mass is 32.1. The normalized spacial score (nSPS) is 14.2. The van der Waals surface area contributed by atoms with Gasteiger partial charge in [0.1, 0.15) is 11.5 Å². The topological polar surface area (TPSA) is 111 Å². The van der Waals surface area contributed by atoms with Crippen molar-refractivity contribution in [3.63, 3.8) is 0 Å². The average molecular weight is 516 g/mol. The fourth-order valence-corrected chi connectivity index (χ4v) is 4.96. The number of amidine groups is 1. The lowest BCUT2D eigenvalue weighted by molar-refractivity contribution is -0.113. The second-order valence-electron chi connectivity index (χ2n) is 7.91. The van der Waals surface area contributed by atoms with Gasteiger partial charge in [-0.1, -0.05) is 41.7 Å². The van der Waals surface area contributed by atoms with Gasteiger partial charge < -0.3 is 19.3 Å². The summed E-state index contributed by atoms with van der Waals surface area (Å²) in [5, 5.41) is 9.73. The number of nitrogens with zero attached hydrogens (tertiary/aromatic N) is 3. The molecule has 0 fully saturated rings. The van der Waals surface area contributed by atoms with Crippen molar-refractivity contribution in [2.24, 2.45) is 4.99 Å². The largest absolute Gasteiger partial charge is 0.493 e. The van der Waals surface area contributed by atoms with Crippen LogP contribution in [0.25, 0.3) is 16.3 Å². The van der Waals surface area contributed by atoms with E-state index in [1.54, 1.807) is 30.3 Å². The third-order valence-corrected chi connectivity index (χ3v) is 6.70. The van der Waals surface area contributed by atoms with Crippen LogP contribution < -0.4 is 19.1 Å². The number of carbonyl (C=O) groups excluding carboxylic acids is 1. The lowest BCUT2D eigenvalue weighted by Crippen LogP contribution is -2.32. The van der Waals surface area contributed by atoms with Crippen LogP contribution in [0.3, 0.4) is 0 Å². The number of amides is 1. The minimum Gasteiger partial charge on any atom is -0.493 e. The molecule has 37 heavy (non-hydrogen) atoms. The van der Waals surface area contributed by atoms with Crippen LogP contribution in [0.1, 0.15) is 21.5 Å². The van der Waals surface area contributed by atoms with Crippen LogP contribution >= 0.6 is 11.3 Å². The zero-order chi connectivity index (χ0) is 26.1. The molecule has 0 spiro atoms. The van der Waals surface area contributed by atoms with Gasteiger partial charge in [-0.2, -0.15) is 0 Å². The number of aromatic nitrogens is 1. The van der Waals surface area contributed by atoms with Crippen molar-refractivity contribution >= 4 is 50.5 Å². The molecule has 1 aromatic heterocycles. The Bertz CT molecular complexity index is 1570. The van der Waals surface area contributed by atoms with E-state index in [4.69, 9.17) is 14.2 Å². The number of aromatic carboxylic acids is 1. The van der Waals surface area contributed by atoms with Crippen LogP contribution in [0.15, 0.2) is 71.4 Å². The molecule has 1 aliphatic rings. The first kappa shape index (κ1) is 24.0. The zero-order valence-electron chi connectivity index (χ0n) is 20.1. The predicted octanol–water partition coefficient (Wildman–Crippen LogP) is 4.85. The molecule has 3 aromatic carbocycles. The number of aliphatic imine (C=N–C) groups is 1. The van der Waals surface area contributed by atoms with Gasteiger partial charge in [0.25, 0.3) is 5.91 Å². The smallest absolute Gasteiger partial charge is 0.335 e. The summed E-state index contributed by atoms with van der Waals surface area (Å²) in [7, 11) is 4.56. The number of carboxylic acids is 1. The molecule has 0 bridgehead atoms. The molecule has 10 heteroatoms. The van der Waals surface area contributed by atoms with Crippen molar-refractivity contribution < 1.29 is 28.9 Å². The number of thiazole rings is 1. The van der Waals surface area contributed by atoms with Crippen LogP contribution in [0, 0.1) is 0 Å². The fraction of sp³-hybridized carbons (Fsp3) is 0.111. The SMILES string of the molecule is COc1cc(C=C2N=C(c3ccccc3)N(c3nc4ccc(C(=O)O)cc4s3)C2=O)cc(OC)c1OC. The van der Waals surface area contributed by atoms with Gasteiger partial charge in [0.15, 0.2) is 16.6 Å². The van der Waals surface area contributed by atoms with Gasteiger partial charge in [-0.3, -0.25) is 4.79 Å². The van der Waals surface area contributed by atoms with E-state index in [-0.39, 0.29) is 17.2 Å². The van der Waals surface area contributed by atoms with E-state index in [0.29, 0.717) is 44.0 Å². The first-order chi connectivity index (χ1) is 17.9. The van der Waals surface area contributed by atoms with E-state index in [0.717, 1.165) is 5.56 Å². The molecule has 1 aliphatic heterocycles. The highest BCUT2D eigenvalue weighted by molar-refractivity contribution is 7.22. The van der Waals surface area contributed by atoms with Gasteiger partial charge in [0.2, 0.25) is 5.75 Å². The number of carboxylic acid groups (broad SMARTS) is 1. The summed E-state index contributed by atoms with van der Waals surface area (Å²) in [5.74, 6) is 0.352. The van der Waals surface area contributed by atoms with Crippen molar-refractivity contribution in [3.05, 3.63) is 83.1 Å². The lowest BCUT2D eigenvalue weighted by atomic mass is 10.1. The number of benzene rings is 3. The van der Waals surface area contributed by atoms with Crippen LogP contribution in [0.4, 0.5) is 5.13 Å². The summed E-state index contributed by atoms with van der Waals surface area (Å²) < 4.78 is 16.9. The van der Waals surface area contributed by atoms with Gasteiger partial charge in [0, 0.05) is 5.56 Å². The summed E-state index contributed by atoms with van der Waals surface area (Å²) in [6.45, 7) is 0. The number of hydrogen-bond acceptors (Lipinski definition) is 8. The van der Waals surface area contributed by atoms with Gasteiger partial charge in [-0.15, -0.1) is 0 Å². The molecule has 0 saturated carbocycles. The fourth-order valence-electron chi connectivity index (χ4n) is 3.96. The van der Waals surface area contributed by atoms with Gasteiger partial charge in [0.05, 0.1) is 37.1 Å². The Balaban J connectivity index is 1.63. The summed E-state index contributed by atoms with van der Waals surface area (Å²) in [4.78, 5) is 35.8. The van der Waals surface area contributed by atoms with Gasteiger partial charge >= 0.3 is 5.97 Å². The molecule has 5 rings (SSSR count). The Morgan fingerprint density at radius 3 is 2.30 bits per heavy atom. The third-order valence-electron chi connectivity index (χ3n) is 5.70. The number of rotatable bonds is 7. The predicted molar refractivity (Wildman–Crippen MR) is 141 cm³/mol. The first-order valence-corrected chi connectivity index (χ1v) is 11.9. The van der Waals surface area contributed by atoms with Crippen molar-refractivity contribution in [1.29, 1.82) is 0 Å². The minimum atomic E-state index is -1.03. The summed E-state index contributed by atoms with van der Waals surface area (Å²) in [6.07, 6.45) is 1.64. The molecule has 1 amide bonds. The summed E-state index contributed by atoms with van der Waals surface area (Å²) in [6, 6.07) is 17.4. The molecule has 186 valence electrons. The van der Waals surface area contributed by atoms with Crippen LogP contribution in [-0.4, -0.2) is 49.1 Å². The lowest BCUT2D eigenvalue weighted by Gasteiger charge is -2.15. The highest BCUT2D eigenvalue weighted by Crippen LogP contribution is 2.40. The van der Waals surface area contributed by atoms with Crippen molar-refractivity contribution in [1.82, 2.24) is 4.98 Å². The molecule has 0 aliphatic carbocycles. The maximum absolute atomic E-state index is 13.7. The third kappa shape index (κ3) is 4.38. The van der Waals surface area contributed by atoms with E-state index in [1.807, 2.05) is 30.3 Å². The number of methoxy groups -OCH3 is 3. The van der Waals surface area contributed by atoms with E-state index in [9.17, 15) is 14.7 Å². The first-order valence-electron chi connectivity index (χ1n) is 11.1. The number of hydrogen-bond donors (Lipinski definition) is 1. The van der Waals surface area contributed by atoms with Crippen molar-refractivity contribution in [3.8, 4) is 17.2 Å². The van der Waals surface area contributed by atoms with E-state index < -0.39 is 5.97 Å². The van der Waals surface area contributed by atoms with Crippen LogP contribution in [-0.2, 0) is 4.79 Å². The van der Waals surface area contributed by atoms with Crippen LogP contribution in [0.5, 0.6) is 17.2 Å². The molecule has 0 saturated heterocycles. The molecule has 0 atom stereocenters. The Hall–Kier alpha value is -4.70. The monoisotopic (exact) mass is 515 g/mol. The number of carbonyl (C=O) groups is 2. The van der Waals surface area contributed by atoms with E-state index in [1.165, 1.54) is 43.6 Å². The molecule has 2 heterocycles. The Morgan fingerprint density at radius 1 is 0.973 bits per heavy atom. The standard InChI is InChI=1S/C27H21N3O6S/c1-34-20-12-15(13-21(35-2)23(20)36-3)11-19-25(31)30(24(28-19)16-7-5-4-6-8-16)27-29-18-10-9-17(26(32)33)14-22(18)37-27/h4-14H,1-3H3,(H,32,33). The van der Waals surface area contributed by atoms with Crippen molar-refractivity contribution in [2.75, 3.05) is 26.2 Å². The number of anilines is 1. The molecule has 0 radical (unpaired) electrons. The van der Waals surface area contributed by atoms with E-state index in [2.05, 4.69) is 9.98 Å². The molecular formula is C27H21N3O6S. The highest BCUT2D eigenvalue weighted by Gasteiger charge is 2.34. The van der Waals surface area contributed by atoms with Crippen molar-refractivity contribution in [2.45, 2.75) is 0 Å². The number of fused-ring (bicyclic) bond motifs is 1. The van der Waals surface area contributed by atoms with Crippen LogP contribution in [0.2, 0.25) is 0 Å². The molecular weight excluding hydrogens is 494 g/mol. The van der Waals surface area contributed by atoms with Gasteiger partial charge in [-0.25, -0.2) is 19.7 Å². The second kappa shape index (κ2) is 9.75. The average Bonchev–Trinajstić information content (AvgIpc) is 3.48. The molecule has 0 unspecified atom stereocenters. The molecule has 4 aromatic rings. The summed E-state index contributed by atoms with van der Waals surface area (Å²) in [5.41, 5.74) is 2.29. The quantitative estimate of drug-likeness (QED) is 0.350.